The highest BCUT2D eigenvalue weighted by Gasteiger charge is 2.09. The zero-order valence-corrected chi connectivity index (χ0v) is 8.67. The molecule has 4 nitrogen and oxygen atoms in total. The highest BCUT2D eigenvalue weighted by Crippen LogP contribution is 2.25. The first kappa shape index (κ1) is 9.36. The maximum absolute atomic E-state index is 5.54. The normalized spacial score (nSPS) is 10.7. The van der Waals surface area contributed by atoms with E-state index in [1.807, 2.05) is 19.1 Å². The number of hydrogen-bond donors (Lipinski definition) is 1. The molecule has 0 amide bonds. The van der Waals surface area contributed by atoms with Crippen molar-refractivity contribution in [2.24, 2.45) is 5.73 Å². The van der Waals surface area contributed by atoms with Gasteiger partial charge in [0.25, 0.3) is 0 Å². The van der Waals surface area contributed by atoms with E-state index in [-0.39, 0.29) is 0 Å². The van der Waals surface area contributed by atoms with E-state index in [2.05, 4.69) is 10.2 Å². The lowest BCUT2D eigenvalue weighted by atomic mass is 10.4. The van der Waals surface area contributed by atoms with Gasteiger partial charge in [-0.25, -0.2) is 0 Å². The Hall–Kier alpha value is -1.20. The Morgan fingerprint density at radius 1 is 1.43 bits per heavy atom. The first-order chi connectivity index (χ1) is 6.83. The summed E-state index contributed by atoms with van der Waals surface area (Å²) in [5, 5.41) is 9.55. The van der Waals surface area contributed by atoms with Gasteiger partial charge in [0, 0.05) is 13.0 Å². The van der Waals surface area contributed by atoms with Crippen LogP contribution in [0.1, 0.15) is 17.7 Å². The number of furan rings is 1. The van der Waals surface area contributed by atoms with Crippen LogP contribution < -0.4 is 5.73 Å². The van der Waals surface area contributed by atoms with Gasteiger partial charge in [0.15, 0.2) is 10.8 Å². The quantitative estimate of drug-likeness (QED) is 0.837. The van der Waals surface area contributed by atoms with Gasteiger partial charge in [0.2, 0.25) is 0 Å². The van der Waals surface area contributed by atoms with E-state index in [4.69, 9.17) is 10.2 Å². The molecule has 0 unspecified atom stereocenters. The third-order valence-corrected chi connectivity index (χ3v) is 2.82. The second-order valence-electron chi connectivity index (χ2n) is 2.82. The van der Waals surface area contributed by atoms with E-state index in [0.717, 1.165) is 28.0 Å². The van der Waals surface area contributed by atoms with Crippen molar-refractivity contribution >= 4 is 11.3 Å². The third-order valence-electron chi connectivity index (χ3n) is 1.86. The van der Waals surface area contributed by atoms with Gasteiger partial charge in [0.1, 0.15) is 10.8 Å². The largest absolute Gasteiger partial charge is 0.459 e. The van der Waals surface area contributed by atoms with Crippen LogP contribution in [0.2, 0.25) is 0 Å². The van der Waals surface area contributed by atoms with Crippen LogP contribution in [0.4, 0.5) is 0 Å². The van der Waals surface area contributed by atoms with Gasteiger partial charge in [-0.3, -0.25) is 0 Å². The fraction of sp³-hybridized carbons (Fsp3) is 0.333. The molecule has 2 rings (SSSR count). The summed E-state index contributed by atoms with van der Waals surface area (Å²) in [5.41, 5.74) is 5.45. The van der Waals surface area contributed by atoms with E-state index in [9.17, 15) is 0 Å². The van der Waals surface area contributed by atoms with Crippen LogP contribution in [-0.2, 0) is 13.0 Å². The average molecular weight is 209 g/mol. The molecule has 0 aliphatic rings. The molecule has 0 aromatic carbocycles. The summed E-state index contributed by atoms with van der Waals surface area (Å²) in [6.07, 6.45) is 0.891. The van der Waals surface area contributed by atoms with Crippen molar-refractivity contribution in [3.8, 4) is 10.8 Å². The lowest BCUT2D eigenvalue weighted by Crippen LogP contribution is -1.94. The highest BCUT2D eigenvalue weighted by molar-refractivity contribution is 7.14. The first-order valence-electron chi connectivity index (χ1n) is 4.45. The van der Waals surface area contributed by atoms with Crippen molar-refractivity contribution < 1.29 is 4.42 Å². The van der Waals surface area contributed by atoms with Gasteiger partial charge in [-0.1, -0.05) is 18.3 Å². The monoisotopic (exact) mass is 209 g/mol. The number of nitrogens with two attached hydrogens (primary N) is 1. The van der Waals surface area contributed by atoms with Crippen molar-refractivity contribution in [1.82, 2.24) is 10.2 Å². The van der Waals surface area contributed by atoms with Crippen LogP contribution in [0, 0.1) is 0 Å². The van der Waals surface area contributed by atoms with Crippen molar-refractivity contribution in [3.63, 3.8) is 0 Å². The van der Waals surface area contributed by atoms with Crippen molar-refractivity contribution in [2.75, 3.05) is 0 Å². The molecule has 2 aromatic heterocycles. The Labute approximate surface area is 85.8 Å². The van der Waals surface area contributed by atoms with Gasteiger partial charge in [-0.05, 0) is 12.1 Å². The Bertz CT molecular complexity index is 381. The van der Waals surface area contributed by atoms with E-state index < -0.39 is 0 Å². The van der Waals surface area contributed by atoms with Crippen LogP contribution in [0.15, 0.2) is 16.5 Å². The summed E-state index contributed by atoms with van der Waals surface area (Å²) in [6, 6.07) is 3.87. The summed E-state index contributed by atoms with van der Waals surface area (Å²) in [7, 11) is 0. The number of aryl methyl sites for hydroxylation is 1. The number of hydrogen-bond acceptors (Lipinski definition) is 5. The van der Waals surface area contributed by atoms with E-state index in [1.165, 1.54) is 11.3 Å². The molecule has 0 radical (unpaired) electrons. The van der Waals surface area contributed by atoms with Gasteiger partial charge < -0.3 is 10.2 Å². The average Bonchev–Trinajstić information content (AvgIpc) is 2.86. The zero-order valence-electron chi connectivity index (χ0n) is 7.86. The summed E-state index contributed by atoms with van der Waals surface area (Å²) in [4.78, 5) is 0. The fourth-order valence-corrected chi connectivity index (χ4v) is 1.80. The van der Waals surface area contributed by atoms with Gasteiger partial charge in [-0.15, -0.1) is 10.2 Å². The van der Waals surface area contributed by atoms with E-state index in [1.54, 1.807) is 0 Å². The summed E-state index contributed by atoms with van der Waals surface area (Å²) in [5.74, 6) is 1.74. The van der Waals surface area contributed by atoms with Crippen molar-refractivity contribution in [2.45, 2.75) is 19.9 Å². The number of aromatic nitrogens is 2. The Balaban J connectivity index is 2.29. The zero-order chi connectivity index (χ0) is 9.97. The summed E-state index contributed by atoms with van der Waals surface area (Å²) in [6.45, 7) is 2.48. The molecule has 5 heteroatoms. The molecule has 0 spiro atoms. The molecule has 74 valence electrons. The molecule has 0 atom stereocenters. The van der Waals surface area contributed by atoms with Crippen molar-refractivity contribution in [1.29, 1.82) is 0 Å². The Kier molecular flexibility index (Phi) is 2.60. The molecule has 2 aromatic rings. The maximum atomic E-state index is 5.54. The van der Waals surface area contributed by atoms with Crippen LogP contribution in [0.3, 0.4) is 0 Å². The second-order valence-corrected chi connectivity index (χ2v) is 3.89. The molecule has 0 saturated heterocycles. The summed E-state index contributed by atoms with van der Waals surface area (Å²) < 4.78 is 5.54. The molecule has 2 N–H and O–H groups in total. The van der Waals surface area contributed by atoms with Crippen LogP contribution in [-0.4, -0.2) is 10.2 Å². The van der Waals surface area contributed by atoms with E-state index >= 15 is 0 Å². The predicted molar refractivity (Wildman–Crippen MR) is 54.9 cm³/mol. The topological polar surface area (TPSA) is 64.9 Å². The molecule has 2 heterocycles. The standard InChI is InChI=1S/C9H11N3OS/c1-2-6-3-4-7(13-6)9-12-11-8(5-10)14-9/h3-4H,2,5,10H2,1H3. The van der Waals surface area contributed by atoms with Crippen LogP contribution >= 0.6 is 11.3 Å². The minimum absolute atomic E-state index is 0.430. The molecule has 0 aliphatic heterocycles. The SMILES string of the molecule is CCc1ccc(-c2nnc(CN)s2)o1. The van der Waals surface area contributed by atoms with E-state index in [0.29, 0.717) is 6.54 Å². The molecule has 0 bridgehead atoms. The molecular weight excluding hydrogens is 198 g/mol. The van der Waals surface area contributed by atoms with Gasteiger partial charge in [-0.2, -0.15) is 0 Å². The van der Waals surface area contributed by atoms with Gasteiger partial charge >= 0.3 is 0 Å². The lowest BCUT2D eigenvalue weighted by molar-refractivity contribution is 0.528. The second kappa shape index (κ2) is 3.89. The smallest absolute Gasteiger partial charge is 0.183 e. The van der Waals surface area contributed by atoms with Crippen LogP contribution in [0.5, 0.6) is 0 Å². The minimum atomic E-state index is 0.430. The number of rotatable bonds is 3. The lowest BCUT2D eigenvalue weighted by Gasteiger charge is -1.87. The molecule has 0 fully saturated rings. The van der Waals surface area contributed by atoms with Gasteiger partial charge in [0.05, 0.1) is 0 Å². The molecule has 0 aliphatic carbocycles. The van der Waals surface area contributed by atoms with Crippen LogP contribution in [0.25, 0.3) is 10.8 Å². The fourth-order valence-electron chi connectivity index (χ4n) is 1.12. The third kappa shape index (κ3) is 1.69. The molecule has 0 saturated carbocycles. The molecular formula is C9H11N3OS. The number of nitrogens with zero attached hydrogens (tertiary/aromatic N) is 2. The predicted octanol–water partition coefficient (Wildman–Crippen LogP) is 1.82. The molecule has 14 heavy (non-hydrogen) atoms. The Morgan fingerprint density at radius 2 is 2.29 bits per heavy atom. The first-order valence-corrected chi connectivity index (χ1v) is 5.26. The maximum Gasteiger partial charge on any atom is 0.183 e. The minimum Gasteiger partial charge on any atom is -0.459 e. The highest BCUT2D eigenvalue weighted by atomic mass is 32.1. The van der Waals surface area contributed by atoms with Crippen molar-refractivity contribution in [3.05, 3.63) is 22.9 Å². The summed E-state index contributed by atoms with van der Waals surface area (Å²) >= 11 is 1.47. The Morgan fingerprint density at radius 3 is 2.86 bits per heavy atom.